The van der Waals surface area contributed by atoms with Crippen LogP contribution in [0.25, 0.3) is 0 Å². The Bertz CT molecular complexity index is 317. The molecule has 0 radical (unpaired) electrons. The molecule has 0 aliphatic heterocycles. The fourth-order valence-corrected chi connectivity index (χ4v) is 2.99. The summed E-state index contributed by atoms with van der Waals surface area (Å²) in [6.07, 6.45) is 20.3. The highest BCUT2D eigenvalue weighted by Gasteiger charge is 2.23. The van der Waals surface area contributed by atoms with Gasteiger partial charge in [-0.2, -0.15) is 0 Å². The van der Waals surface area contributed by atoms with Gasteiger partial charge in [0.05, 0.1) is 0 Å². The molecular weight excluding hydrogens is 248 g/mol. The lowest BCUT2D eigenvalue weighted by atomic mass is 9.92. The minimum absolute atomic E-state index is 0.252. The molecule has 20 heavy (non-hydrogen) atoms. The number of carbonyl (C=O) groups is 1. The summed E-state index contributed by atoms with van der Waals surface area (Å²) in [5, 5.41) is 8.58. The van der Waals surface area contributed by atoms with Crippen LogP contribution in [-0.4, -0.2) is 11.1 Å². The summed E-state index contributed by atoms with van der Waals surface area (Å²) >= 11 is 0. The number of unbranched alkanes of at least 4 members (excludes halogenated alkanes) is 3. The minimum atomic E-state index is -0.705. The molecule has 2 heteroatoms. The van der Waals surface area contributed by atoms with Gasteiger partial charge in [0.1, 0.15) is 0 Å². The first kappa shape index (κ1) is 17.0. The molecule has 1 saturated carbocycles. The van der Waals surface area contributed by atoms with Gasteiger partial charge < -0.3 is 5.11 Å². The van der Waals surface area contributed by atoms with Crippen LogP contribution in [0.1, 0.15) is 71.1 Å². The monoisotopic (exact) mass is 278 g/mol. The third kappa shape index (κ3) is 7.52. The molecule has 0 unspecified atom stereocenters. The molecule has 0 spiro atoms. The third-order valence-corrected chi connectivity index (χ3v) is 4.21. The molecule has 0 aromatic rings. The summed E-state index contributed by atoms with van der Waals surface area (Å²) in [7, 11) is 0. The van der Waals surface area contributed by atoms with Crippen molar-refractivity contribution in [3.05, 3.63) is 24.3 Å². The summed E-state index contributed by atoms with van der Waals surface area (Å²) in [6.45, 7) is 2.24. The van der Waals surface area contributed by atoms with Gasteiger partial charge in [-0.3, -0.25) is 4.79 Å². The van der Waals surface area contributed by atoms with Gasteiger partial charge in [0.25, 0.3) is 0 Å². The van der Waals surface area contributed by atoms with Crippen LogP contribution >= 0.6 is 0 Å². The normalized spacial score (nSPS) is 23.1. The molecular formula is C18H30O2. The third-order valence-electron chi connectivity index (χ3n) is 4.21. The molecule has 0 bridgehead atoms. The zero-order valence-electron chi connectivity index (χ0n) is 12.9. The zero-order chi connectivity index (χ0) is 14.6. The molecule has 2 nitrogen and oxygen atoms in total. The van der Waals surface area contributed by atoms with Crippen molar-refractivity contribution in [1.82, 2.24) is 0 Å². The van der Waals surface area contributed by atoms with Crippen LogP contribution in [0.4, 0.5) is 0 Å². The predicted molar refractivity (Wildman–Crippen MR) is 84.7 cm³/mol. The van der Waals surface area contributed by atoms with Gasteiger partial charge in [-0.05, 0) is 50.4 Å². The Labute approximate surface area is 124 Å². The fraction of sp³-hybridized carbons (Fsp3) is 0.722. The zero-order valence-corrected chi connectivity index (χ0v) is 12.9. The maximum Gasteiger partial charge on any atom is 0.303 e. The number of carboxylic acids is 1. The summed E-state index contributed by atoms with van der Waals surface area (Å²) in [6, 6.07) is 0. The topological polar surface area (TPSA) is 37.3 Å². The molecule has 0 amide bonds. The quantitative estimate of drug-likeness (QED) is 0.432. The Hall–Kier alpha value is -1.05. The fourth-order valence-electron chi connectivity index (χ4n) is 2.99. The Morgan fingerprint density at radius 3 is 2.75 bits per heavy atom. The van der Waals surface area contributed by atoms with Gasteiger partial charge in [0.15, 0.2) is 0 Å². The van der Waals surface area contributed by atoms with Gasteiger partial charge in [-0.25, -0.2) is 0 Å². The van der Waals surface area contributed by atoms with E-state index in [-0.39, 0.29) is 6.42 Å². The van der Waals surface area contributed by atoms with Crippen molar-refractivity contribution in [3.8, 4) is 0 Å². The second kappa shape index (κ2) is 10.7. The van der Waals surface area contributed by atoms with Crippen LogP contribution in [-0.2, 0) is 4.79 Å². The predicted octanol–water partition coefficient (Wildman–Crippen LogP) is 5.35. The van der Waals surface area contributed by atoms with Crippen molar-refractivity contribution in [2.75, 3.05) is 0 Å². The summed E-state index contributed by atoms with van der Waals surface area (Å²) < 4.78 is 0. The van der Waals surface area contributed by atoms with Crippen molar-refractivity contribution in [3.63, 3.8) is 0 Å². The lowest BCUT2D eigenvalue weighted by Crippen LogP contribution is -2.03. The molecule has 0 aromatic heterocycles. The lowest BCUT2D eigenvalue weighted by Gasteiger charge is -2.13. The number of carboxylic acid groups (broad SMARTS) is 1. The van der Waals surface area contributed by atoms with E-state index in [2.05, 4.69) is 25.2 Å². The average Bonchev–Trinajstić information content (AvgIpc) is 2.85. The van der Waals surface area contributed by atoms with Crippen LogP contribution in [0.15, 0.2) is 24.3 Å². The van der Waals surface area contributed by atoms with Crippen LogP contribution < -0.4 is 0 Å². The van der Waals surface area contributed by atoms with E-state index in [1.807, 2.05) is 6.08 Å². The van der Waals surface area contributed by atoms with E-state index in [9.17, 15) is 4.79 Å². The van der Waals surface area contributed by atoms with Crippen molar-refractivity contribution < 1.29 is 9.90 Å². The van der Waals surface area contributed by atoms with Crippen molar-refractivity contribution in [2.45, 2.75) is 71.1 Å². The minimum Gasteiger partial charge on any atom is -0.481 e. The number of aliphatic carboxylic acids is 1. The summed E-state index contributed by atoms with van der Waals surface area (Å²) in [4.78, 5) is 10.4. The second-order valence-corrected chi connectivity index (χ2v) is 5.92. The van der Waals surface area contributed by atoms with Crippen LogP contribution in [0.2, 0.25) is 0 Å². The molecule has 114 valence electrons. The number of rotatable bonds is 10. The highest BCUT2D eigenvalue weighted by Crippen LogP contribution is 2.35. The highest BCUT2D eigenvalue weighted by molar-refractivity contribution is 5.66. The van der Waals surface area contributed by atoms with Crippen LogP contribution in [0.5, 0.6) is 0 Å². The standard InChI is InChI=1S/C18H30O2/c1-2-3-4-5-7-11-16-13-10-14-17(16)12-8-6-9-15-18(19)20/h6-8,11,16-17H,2-5,9-10,12-15H2,1H3,(H,19,20)/t16-,17-/m0/s1. The first-order chi connectivity index (χ1) is 9.74. The summed E-state index contributed by atoms with van der Waals surface area (Å²) in [5.41, 5.74) is 0. The molecule has 1 aliphatic carbocycles. The highest BCUT2D eigenvalue weighted by atomic mass is 16.4. The van der Waals surface area contributed by atoms with E-state index in [0.717, 1.165) is 18.3 Å². The number of allylic oxidation sites excluding steroid dienone is 4. The van der Waals surface area contributed by atoms with E-state index in [4.69, 9.17) is 5.11 Å². The Morgan fingerprint density at radius 1 is 1.15 bits per heavy atom. The van der Waals surface area contributed by atoms with Crippen LogP contribution in [0, 0.1) is 11.8 Å². The van der Waals surface area contributed by atoms with E-state index in [1.165, 1.54) is 44.9 Å². The molecule has 2 atom stereocenters. The van der Waals surface area contributed by atoms with Crippen LogP contribution in [0.3, 0.4) is 0 Å². The first-order valence-electron chi connectivity index (χ1n) is 8.27. The summed E-state index contributed by atoms with van der Waals surface area (Å²) in [5.74, 6) is 0.822. The van der Waals surface area contributed by atoms with E-state index in [1.54, 1.807) is 0 Å². The van der Waals surface area contributed by atoms with Crippen molar-refractivity contribution >= 4 is 5.97 Å². The average molecular weight is 278 g/mol. The Balaban J connectivity index is 2.21. The molecule has 0 aromatic carbocycles. The van der Waals surface area contributed by atoms with Gasteiger partial charge in [0, 0.05) is 6.42 Å². The van der Waals surface area contributed by atoms with Crippen molar-refractivity contribution in [1.29, 1.82) is 0 Å². The molecule has 1 aliphatic rings. The van der Waals surface area contributed by atoms with Gasteiger partial charge in [-0.1, -0.05) is 50.5 Å². The lowest BCUT2D eigenvalue weighted by molar-refractivity contribution is -0.136. The smallest absolute Gasteiger partial charge is 0.303 e. The van der Waals surface area contributed by atoms with Gasteiger partial charge in [-0.15, -0.1) is 0 Å². The number of hydrogen-bond donors (Lipinski definition) is 1. The molecule has 1 rings (SSSR count). The maximum absolute atomic E-state index is 10.4. The Morgan fingerprint density at radius 2 is 2.00 bits per heavy atom. The molecule has 1 N–H and O–H groups in total. The van der Waals surface area contributed by atoms with E-state index < -0.39 is 5.97 Å². The van der Waals surface area contributed by atoms with Gasteiger partial charge >= 0.3 is 5.97 Å². The SMILES string of the molecule is CCCCCC=C[C@H]1CCC[C@@H]1CC=CCCC(=O)O. The Kier molecular flexibility index (Phi) is 9.10. The maximum atomic E-state index is 10.4. The largest absolute Gasteiger partial charge is 0.481 e. The van der Waals surface area contributed by atoms with Gasteiger partial charge in [0.2, 0.25) is 0 Å². The molecule has 0 heterocycles. The van der Waals surface area contributed by atoms with E-state index in [0.29, 0.717) is 6.42 Å². The van der Waals surface area contributed by atoms with E-state index >= 15 is 0 Å². The molecule has 1 fully saturated rings. The molecule has 0 saturated heterocycles. The van der Waals surface area contributed by atoms with Crippen molar-refractivity contribution in [2.24, 2.45) is 11.8 Å². The number of hydrogen-bond acceptors (Lipinski definition) is 1. The second-order valence-electron chi connectivity index (χ2n) is 5.92. The first-order valence-corrected chi connectivity index (χ1v) is 8.27.